The summed E-state index contributed by atoms with van der Waals surface area (Å²) in [6, 6.07) is 0. The summed E-state index contributed by atoms with van der Waals surface area (Å²) in [5, 5.41) is 3.84. The normalized spacial score (nSPS) is 57.0. The molecule has 1 aliphatic heterocycles. The van der Waals surface area contributed by atoms with E-state index in [1.54, 1.807) is 25.7 Å². The van der Waals surface area contributed by atoms with Crippen molar-refractivity contribution in [3.63, 3.8) is 0 Å². The Bertz CT molecular complexity index is 581. The molecule has 0 radical (unpaired) electrons. The number of nitrogens with one attached hydrogen (secondary N) is 1. The van der Waals surface area contributed by atoms with E-state index >= 15 is 0 Å². The molecule has 0 aromatic rings. The van der Waals surface area contributed by atoms with Crippen LogP contribution in [0.5, 0.6) is 0 Å². The SMILES string of the molecule is C[C@@H]1CC[C@]2(C)C3CC[C@]4(C)[C@@H]([C@@H]5CNC(C)(C)C5)CC[C@H]4C3CC[C@H]2C1. The largest absolute Gasteiger partial charge is 0.311 e. The van der Waals surface area contributed by atoms with Crippen LogP contribution in [-0.4, -0.2) is 12.1 Å². The van der Waals surface area contributed by atoms with E-state index in [0.717, 1.165) is 41.4 Å². The fourth-order valence-corrected chi connectivity index (χ4v) is 9.78. The van der Waals surface area contributed by atoms with Crippen LogP contribution in [0.1, 0.15) is 98.8 Å². The molecule has 1 heteroatoms. The lowest BCUT2D eigenvalue weighted by molar-refractivity contribution is -0.120. The van der Waals surface area contributed by atoms with Crippen LogP contribution in [0, 0.1) is 52.3 Å². The second-order valence-electron chi connectivity index (χ2n) is 13.0. The molecule has 0 aromatic carbocycles. The van der Waals surface area contributed by atoms with Crippen molar-refractivity contribution in [2.75, 3.05) is 6.54 Å². The molecule has 1 saturated heterocycles. The lowest BCUT2D eigenvalue weighted by atomic mass is 9.44. The predicted molar refractivity (Wildman–Crippen MR) is 115 cm³/mol. The summed E-state index contributed by atoms with van der Waals surface area (Å²) >= 11 is 0. The Hall–Kier alpha value is -0.0400. The van der Waals surface area contributed by atoms with Crippen LogP contribution < -0.4 is 5.32 Å². The molecular formula is C26H45N. The Balaban J connectivity index is 1.37. The molecule has 5 rings (SSSR count). The van der Waals surface area contributed by atoms with E-state index in [0.29, 0.717) is 16.4 Å². The van der Waals surface area contributed by atoms with E-state index in [1.165, 1.54) is 45.1 Å². The van der Waals surface area contributed by atoms with Gasteiger partial charge in [0.2, 0.25) is 0 Å². The van der Waals surface area contributed by atoms with Gasteiger partial charge in [0.05, 0.1) is 0 Å². The number of fused-ring (bicyclic) bond motifs is 5. The first kappa shape index (κ1) is 19.0. The summed E-state index contributed by atoms with van der Waals surface area (Å²) in [4.78, 5) is 0. The molecule has 1 N–H and O–H groups in total. The molecule has 1 nitrogen and oxygen atoms in total. The van der Waals surface area contributed by atoms with Gasteiger partial charge < -0.3 is 5.32 Å². The van der Waals surface area contributed by atoms with Gasteiger partial charge in [0.15, 0.2) is 0 Å². The quantitative estimate of drug-likeness (QED) is 0.543. The Kier molecular flexibility index (Phi) is 4.37. The van der Waals surface area contributed by atoms with Crippen LogP contribution in [-0.2, 0) is 0 Å². The third-order valence-corrected chi connectivity index (χ3v) is 11.2. The molecule has 5 aliphatic rings. The average Bonchev–Trinajstić information content (AvgIpc) is 3.14. The van der Waals surface area contributed by atoms with Gasteiger partial charge in [-0.25, -0.2) is 0 Å². The molecule has 154 valence electrons. The maximum absolute atomic E-state index is 3.84. The second kappa shape index (κ2) is 6.23. The first-order chi connectivity index (χ1) is 12.7. The zero-order valence-electron chi connectivity index (χ0n) is 18.8. The van der Waals surface area contributed by atoms with Gasteiger partial charge in [-0.05, 0) is 130 Å². The molecule has 0 bridgehead atoms. The highest BCUT2D eigenvalue weighted by atomic mass is 15.0. The van der Waals surface area contributed by atoms with Gasteiger partial charge >= 0.3 is 0 Å². The molecule has 9 atom stereocenters. The minimum absolute atomic E-state index is 0.376. The van der Waals surface area contributed by atoms with Crippen molar-refractivity contribution >= 4 is 0 Å². The summed E-state index contributed by atoms with van der Waals surface area (Å²) in [5.41, 5.74) is 1.71. The molecular weight excluding hydrogens is 326 g/mol. The summed E-state index contributed by atoms with van der Waals surface area (Å²) in [6.07, 6.45) is 15.3. The maximum Gasteiger partial charge on any atom is 0.0128 e. The van der Waals surface area contributed by atoms with Crippen LogP contribution in [0.3, 0.4) is 0 Å². The average molecular weight is 372 g/mol. The second-order valence-corrected chi connectivity index (χ2v) is 13.0. The van der Waals surface area contributed by atoms with E-state index in [2.05, 4.69) is 39.9 Å². The number of hydrogen-bond acceptors (Lipinski definition) is 1. The van der Waals surface area contributed by atoms with Gasteiger partial charge in [0.1, 0.15) is 0 Å². The minimum atomic E-state index is 0.376. The molecule has 4 aliphatic carbocycles. The van der Waals surface area contributed by atoms with E-state index in [9.17, 15) is 0 Å². The third-order valence-electron chi connectivity index (χ3n) is 11.2. The maximum atomic E-state index is 3.84. The van der Waals surface area contributed by atoms with E-state index in [4.69, 9.17) is 0 Å². The third kappa shape index (κ3) is 2.80. The van der Waals surface area contributed by atoms with E-state index < -0.39 is 0 Å². The van der Waals surface area contributed by atoms with Gasteiger partial charge in [-0.3, -0.25) is 0 Å². The predicted octanol–water partition coefficient (Wildman–Crippen LogP) is 6.67. The van der Waals surface area contributed by atoms with Crippen LogP contribution in [0.4, 0.5) is 0 Å². The van der Waals surface area contributed by atoms with E-state index in [-0.39, 0.29) is 0 Å². The molecule has 1 heterocycles. The van der Waals surface area contributed by atoms with Gasteiger partial charge in [-0.2, -0.15) is 0 Å². The van der Waals surface area contributed by atoms with Crippen molar-refractivity contribution in [3.05, 3.63) is 0 Å². The Morgan fingerprint density at radius 3 is 2.19 bits per heavy atom. The summed E-state index contributed by atoms with van der Waals surface area (Å²) < 4.78 is 0. The van der Waals surface area contributed by atoms with Crippen molar-refractivity contribution in [3.8, 4) is 0 Å². The fraction of sp³-hybridized carbons (Fsp3) is 1.00. The van der Waals surface area contributed by atoms with E-state index in [1.807, 2.05) is 0 Å². The first-order valence-corrected chi connectivity index (χ1v) is 12.5. The van der Waals surface area contributed by atoms with Crippen molar-refractivity contribution < 1.29 is 0 Å². The number of hydrogen-bond donors (Lipinski definition) is 1. The number of rotatable bonds is 1. The minimum Gasteiger partial charge on any atom is -0.311 e. The Morgan fingerprint density at radius 2 is 1.44 bits per heavy atom. The Morgan fingerprint density at radius 1 is 0.741 bits per heavy atom. The van der Waals surface area contributed by atoms with Crippen molar-refractivity contribution in [2.45, 2.75) is 104 Å². The zero-order chi connectivity index (χ0) is 19.0. The molecule has 0 aromatic heterocycles. The standard InChI is InChI=1S/C26H45N/c1-17-10-12-25(4)19(14-17)6-7-20-22-9-8-21(18-15-24(2,3)27-16-18)26(22,5)13-11-23(20)25/h17-23,27H,6-16H2,1-5H3/t17-,18+,19+,20?,21-,22+,23?,25+,26-/m1/s1. The lowest BCUT2D eigenvalue weighted by Crippen LogP contribution is -2.53. The van der Waals surface area contributed by atoms with Crippen molar-refractivity contribution in [1.29, 1.82) is 0 Å². The van der Waals surface area contributed by atoms with Gasteiger partial charge in [-0.15, -0.1) is 0 Å². The highest BCUT2D eigenvalue weighted by Gasteiger charge is 2.61. The van der Waals surface area contributed by atoms with Crippen LogP contribution >= 0.6 is 0 Å². The molecule has 2 unspecified atom stereocenters. The molecule has 4 saturated carbocycles. The van der Waals surface area contributed by atoms with Crippen molar-refractivity contribution in [2.24, 2.45) is 52.3 Å². The van der Waals surface area contributed by atoms with Crippen LogP contribution in [0.25, 0.3) is 0 Å². The highest BCUT2D eigenvalue weighted by Crippen LogP contribution is 2.68. The van der Waals surface area contributed by atoms with Gasteiger partial charge in [0, 0.05) is 5.54 Å². The zero-order valence-corrected chi connectivity index (χ0v) is 18.8. The first-order valence-electron chi connectivity index (χ1n) is 12.5. The summed E-state index contributed by atoms with van der Waals surface area (Å²) in [7, 11) is 0. The molecule has 5 fully saturated rings. The molecule has 0 spiro atoms. The highest BCUT2D eigenvalue weighted by molar-refractivity contribution is 5.11. The van der Waals surface area contributed by atoms with Crippen LogP contribution in [0.2, 0.25) is 0 Å². The topological polar surface area (TPSA) is 12.0 Å². The summed E-state index contributed by atoms with van der Waals surface area (Å²) in [6.45, 7) is 14.1. The van der Waals surface area contributed by atoms with Gasteiger partial charge in [0.25, 0.3) is 0 Å². The molecule has 27 heavy (non-hydrogen) atoms. The summed E-state index contributed by atoms with van der Waals surface area (Å²) in [5.74, 6) is 7.13. The smallest absolute Gasteiger partial charge is 0.0128 e. The van der Waals surface area contributed by atoms with Gasteiger partial charge in [-0.1, -0.05) is 27.2 Å². The lowest BCUT2D eigenvalue weighted by Gasteiger charge is -2.61. The van der Waals surface area contributed by atoms with Crippen molar-refractivity contribution in [1.82, 2.24) is 5.32 Å². The molecule has 0 amide bonds. The Labute approximate surface area is 168 Å². The van der Waals surface area contributed by atoms with Crippen LogP contribution in [0.15, 0.2) is 0 Å². The fourth-order valence-electron chi connectivity index (χ4n) is 9.78. The monoisotopic (exact) mass is 371 g/mol.